The second-order valence-electron chi connectivity index (χ2n) is 11.1. The molecule has 0 unspecified atom stereocenters. The Bertz CT molecular complexity index is 1580. The second-order valence-corrected chi connectivity index (χ2v) is 16.9. The summed E-state index contributed by atoms with van der Waals surface area (Å²) in [5, 5.41) is 1.92. The normalized spacial score (nSPS) is 12.3. The lowest BCUT2D eigenvalue weighted by Gasteiger charge is -2.36. The summed E-state index contributed by atoms with van der Waals surface area (Å²) in [4.78, 5) is 22.7. The fraction of sp³-hybridized carbons (Fsp3) is 0.267. The minimum Gasteiger partial charge on any atom is -0.542 e. The molecular formula is C30H32FN3O2SSi. The average Bonchev–Trinajstić information content (AvgIpc) is 3.49. The van der Waals surface area contributed by atoms with Gasteiger partial charge in [-0.05, 0) is 47.3 Å². The van der Waals surface area contributed by atoms with Gasteiger partial charge in [0.05, 0.1) is 11.4 Å². The third-order valence-electron chi connectivity index (χ3n) is 7.32. The van der Waals surface area contributed by atoms with Crippen molar-refractivity contribution in [3.05, 3.63) is 110 Å². The van der Waals surface area contributed by atoms with Gasteiger partial charge in [0.25, 0.3) is 13.9 Å². The molecule has 0 aliphatic carbocycles. The Morgan fingerprint density at radius 3 is 2.47 bits per heavy atom. The van der Waals surface area contributed by atoms with Gasteiger partial charge < -0.3 is 9.41 Å². The maximum atomic E-state index is 16.0. The number of aromatic amines is 1. The number of fused-ring (bicyclic) bond motifs is 1. The van der Waals surface area contributed by atoms with E-state index in [4.69, 9.17) is 9.41 Å². The van der Waals surface area contributed by atoms with Crippen LogP contribution in [0.5, 0.6) is 5.75 Å². The Kier molecular flexibility index (Phi) is 6.87. The predicted octanol–water partition coefficient (Wildman–Crippen LogP) is 7.43. The number of halogens is 1. The maximum Gasteiger partial charge on any atom is 0.278 e. The molecular weight excluding hydrogens is 514 g/mol. The number of aromatic nitrogens is 3. The van der Waals surface area contributed by atoms with Crippen molar-refractivity contribution < 1.29 is 8.82 Å². The zero-order chi connectivity index (χ0) is 27.1. The Hall–Kier alpha value is -3.49. The van der Waals surface area contributed by atoms with E-state index < -0.39 is 14.1 Å². The number of nitrogens with zero attached hydrogens (tertiary/aromatic N) is 2. The highest BCUT2D eigenvalue weighted by atomic mass is 32.1. The van der Waals surface area contributed by atoms with Crippen LogP contribution in [0.1, 0.15) is 42.6 Å². The number of H-pyrrole nitrogens is 1. The SMILES string of the molecule is CC(C)(C)[Si](C)(C)Oc1cccc(-c2cn3c(=O)c(Cc4cccs4)nc-3c(Cc3ccccc3)[nH]2)c1F. The van der Waals surface area contributed by atoms with Gasteiger partial charge in [0.2, 0.25) is 0 Å². The second kappa shape index (κ2) is 10.00. The van der Waals surface area contributed by atoms with Crippen LogP contribution in [-0.2, 0) is 12.8 Å². The van der Waals surface area contributed by atoms with Crippen LogP contribution in [0.2, 0.25) is 18.1 Å². The molecule has 0 bridgehead atoms. The standard InChI is InChI=1S/C30H32FN3O2SSi/c1-30(2,3)38(4,5)36-26-15-9-14-22(27(26)31)25-19-34-28(23(32-25)17-20-11-7-6-8-12-20)33-24(29(34)35)18-21-13-10-16-37-21/h6-16,19,32H,17-18H2,1-5H3. The maximum absolute atomic E-state index is 16.0. The smallest absolute Gasteiger partial charge is 0.278 e. The van der Waals surface area contributed by atoms with Crippen molar-refractivity contribution in [2.75, 3.05) is 0 Å². The number of benzene rings is 2. The molecule has 0 radical (unpaired) electrons. The van der Waals surface area contributed by atoms with Crippen LogP contribution in [0, 0.1) is 5.82 Å². The lowest BCUT2D eigenvalue weighted by Crippen LogP contribution is -2.44. The number of hydrogen-bond acceptors (Lipinski definition) is 4. The van der Waals surface area contributed by atoms with Crippen LogP contribution in [0.15, 0.2) is 77.0 Å². The van der Waals surface area contributed by atoms with Crippen molar-refractivity contribution in [3.63, 3.8) is 0 Å². The molecule has 8 heteroatoms. The van der Waals surface area contributed by atoms with Crippen LogP contribution in [0.25, 0.3) is 17.1 Å². The molecule has 2 aliphatic rings. The summed E-state index contributed by atoms with van der Waals surface area (Å²) in [5.41, 5.74) is 2.95. The number of hydrogen-bond donors (Lipinski definition) is 1. The molecule has 0 saturated carbocycles. The van der Waals surface area contributed by atoms with E-state index in [0.717, 1.165) is 16.1 Å². The van der Waals surface area contributed by atoms with Crippen LogP contribution in [0.4, 0.5) is 4.39 Å². The van der Waals surface area contributed by atoms with Crippen molar-refractivity contribution >= 4 is 19.7 Å². The van der Waals surface area contributed by atoms with Crippen molar-refractivity contribution in [2.45, 2.75) is 51.7 Å². The summed E-state index contributed by atoms with van der Waals surface area (Å²) in [6, 6.07) is 19.1. The average molecular weight is 546 g/mol. The first kappa shape index (κ1) is 26.1. The molecule has 5 nitrogen and oxygen atoms in total. The molecule has 3 aromatic rings. The Morgan fingerprint density at radius 1 is 1.03 bits per heavy atom. The Balaban J connectivity index is 1.64. The molecule has 1 aromatic heterocycles. The predicted molar refractivity (Wildman–Crippen MR) is 155 cm³/mol. The number of thiophene rings is 1. The zero-order valence-corrected chi connectivity index (χ0v) is 24.2. The van der Waals surface area contributed by atoms with Crippen molar-refractivity contribution in [2.24, 2.45) is 0 Å². The lowest BCUT2D eigenvalue weighted by atomic mass is 10.1. The fourth-order valence-corrected chi connectivity index (χ4v) is 5.88. The van der Waals surface area contributed by atoms with E-state index in [0.29, 0.717) is 35.6 Å². The van der Waals surface area contributed by atoms with E-state index in [1.165, 1.54) is 0 Å². The summed E-state index contributed by atoms with van der Waals surface area (Å²) < 4.78 is 23.8. The Morgan fingerprint density at radius 2 is 1.79 bits per heavy atom. The quantitative estimate of drug-likeness (QED) is 0.216. The Labute approximate surface area is 227 Å². The fourth-order valence-electron chi connectivity index (χ4n) is 4.16. The third-order valence-corrected chi connectivity index (χ3v) is 12.5. The summed E-state index contributed by atoms with van der Waals surface area (Å²) in [7, 11) is -2.26. The first-order chi connectivity index (χ1) is 18.0. The van der Waals surface area contributed by atoms with Gasteiger partial charge in [-0.15, -0.1) is 11.3 Å². The van der Waals surface area contributed by atoms with Crippen molar-refractivity contribution in [3.8, 4) is 22.8 Å². The summed E-state index contributed by atoms with van der Waals surface area (Å²) in [6.07, 6.45) is 2.64. The molecule has 38 heavy (non-hydrogen) atoms. The van der Waals surface area contributed by atoms with Crippen LogP contribution in [-0.4, -0.2) is 22.9 Å². The largest absolute Gasteiger partial charge is 0.542 e. The molecule has 196 valence electrons. The van der Waals surface area contributed by atoms with Crippen molar-refractivity contribution in [1.29, 1.82) is 0 Å². The molecule has 0 saturated heterocycles. The van der Waals surface area contributed by atoms with Crippen LogP contribution >= 0.6 is 11.3 Å². The first-order valence-corrected chi connectivity index (χ1v) is 16.5. The topological polar surface area (TPSA) is 59.9 Å². The van der Waals surface area contributed by atoms with Gasteiger partial charge in [0.15, 0.2) is 11.6 Å². The third kappa shape index (κ3) is 5.10. The number of rotatable bonds is 7. The van der Waals surface area contributed by atoms with E-state index in [-0.39, 0.29) is 16.3 Å². The molecule has 2 aromatic carbocycles. The first-order valence-electron chi connectivity index (χ1n) is 12.7. The molecule has 0 amide bonds. The monoisotopic (exact) mass is 545 g/mol. The zero-order valence-electron chi connectivity index (χ0n) is 22.3. The minimum absolute atomic E-state index is 0.0729. The molecule has 1 N–H and O–H groups in total. The van der Waals surface area contributed by atoms with Gasteiger partial charge >= 0.3 is 0 Å². The van der Waals surface area contributed by atoms with E-state index >= 15 is 4.39 Å². The van der Waals surface area contributed by atoms with Gasteiger partial charge in [0, 0.05) is 29.5 Å². The number of imidazole rings is 1. The van der Waals surface area contributed by atoms with Gasteiger partial charge in [-0.3, -0.25) is 9.36 Å². The van der Waals surface area contributed by atoms with Gasteiger partial charge in [-0.1, -0.05) is 63.2 Å². The molecule has 3 heterocycles. The van der Waals surface area contributed by atoms with Crippen LogP contribution in [0.3, 0.4) is 0 Å². The molecule has 0 spiro atoms. The molecule has 5 rings (SSSR count). The molecule has 0 fully saturated rings. The van der Waals surface area contributed by atoms with E-state index in [1.54, 1.807) is 40.3 Å². The van der Waals surface area contributed by atoms with E-state index in [9.17, 15) is 4.79 Å². The molecule has 0 atom stereocenters. The summed E-state index contributed by atoms with van der Waals surface area (Å²) >= 11 is 1.60. The van der Waals surface area contributed by atoms with Gasteiger partial charge in [-0.2, -0.15) is 0 Å². The lowest BCUT2D eigenvalue weighted by molar-refractivity contribution is 0.458. The van der Waals surface area contributed by atoms with E-state index in [2.05, 4.69) is 38.8 Å². The van der Waals surface area contributed by atoms with E-state index in [1.807, 2.05) is 47.8 Å². The summed E-state index contributed by atoms with van der Waals surface area (Å²) in [5.74, 6) is 0.353. The highest BCUT2D eigenvalue weighted by Crippen LogP contribution is 2.39. The van der Waals surface area contributed by atoms with Gasteiger partial charge in [0.1, 0.15) is 11.4 Å². The minimum atomic E-state index is -2.26. The number of nitrogens with one attached hydrogen (secondary N) is 1. The molecule has 2 aliphatic heterocycles. The summed E-state index contributed by atoms with van der Waals surface area (Å²) in [6.45, 7) is 10.6. The van der Waals surface area contributed by atoms with Crippen LogP contribution < -0.4 is 9.99 Å². The highest BCUT2D eigenvalue weighted by molar-refractivity contribution is 7.09. The highest BCUT2D eigenvalue weighted by Gasteiger charge is 2.39. The van der Waals surface area contributed by atoms with Crippen molar-refractivity contribution in [1.82, 2.24) is 14.5 Å². The van der Waals surface area contributed by atoms with Gasteiger partial charge in [-0.25, -0.2) is 9.37 Å².